The number of benzene rings is 2. The number of sulfonamides is 1. The molecule has 0 aliphatic heterocycles. The second kappa shape index (κ2) is 11.3. The predicted octanol–water partition coefficient (Wildman–Crippen LogP) is 4.27. The first-order chi connectivity index (χ1) is 15.9. The van der Waals surface area contributed by atoms with Crippen LogP contribution in [0.4, 0.5) is 11.5 Å². The zero-order valence-corrected chi connectivity index (χ0v) is 19.5. The average Bonchev–Trinajstić information content (AvgIpc) is 2.84. The Morgan fingerprint density at radius 3 is 2.27 bits per heavy atom. The summed E-state index contributed by atoms with van der Waals surface area (Å²) in [7, 11) is -3.67. The van der Waals surface area contributed by atoms with E-state index in [2.05, 4.69) is 33.8 Å². The maximum Gasteiger partial charge on any atom is 0.255 e. The van der Waals surface area contributed by atoms with Crippen molar-refractivity contribution in [3.63, 3.8) is 0 Å². The van der Waals surface area contributed by atoms with Crippen LogP contribution in [0.5, 0.6) is 0 Å². The van der Waals surface area contributed by atoms with E-state index in [0.717, 1.165) is 35.4 Å². The molecule has 7 nitrogen and oxygen atoms in total. The number of pyridine rings is 1. The van der Waals surface area contributed by atoms with E-state index in [1.807, 2.05) is 42.5 Å². The number of carbonyl (C=O) groups excluding carboxylic acids is 1. The van der Waals surface area contributed by atoms with Gasteiger partial charge in [0, 0.05) is 37.1 Å². The molecule has 0 aliphatic carbocycles. The third-order valence-corrected chi connectivity index (χ3v) is 6.01. The molecule has 0 aliphatic rings. The molecule has 0 bridgehead atoms. The van der Waals surface area contributed by atoms with Crippen LogP contribution in [-0.4, -0.2) is 32.4 Å². The fourth-order valence-corrected chi connectivity index (χ4v) is 4.03. The van der Waals surface area contributed by atoms with Crippen molar-refractivity contribution in [2.24, 2.45) is 0 Å². The molecule has 0 spiro atoms. The Hall–Kier alpha value is -3.65. The van der Waals surface area contributed by atoms with Crippen molar-refractivity contribution in [1.29, 1.82) is 0 Å². The van der Waals surface area contributed by atoms with Gasteiger partial charge in [-0.05, 0) is 61.4 Å². The molecule has 2 aromatic carbocycles. The number of nitrogens with one attached hydrogen (secondary N) is 2. The molecule has 1 aromatic heterocycles. The summed E-state index contributed by atoms with van der Waals surface area (Å²) in [5.74, 6) is 0.660. The molecule has 0 atom stereocenters. The maximum absolute atomic E-state index is 12.5. The second-order valence-corrected chi connectivity index (χ2v) is 8.88. The summed E-state index contributed by atoms with van der Waals surface area (Å²) < 4.78 is 27.0. The molecule has 2 N–H and O–H groups in total. The van der Waals surface area contributed by atoms with Crippen LogP contribution >= 0.6 is 0 Å². The molecule has 0 saturated carbocycles. The number of hydrogen-bond donors (Lipinski definition) is 2. The summed E-state index contributed by atoms with van der Waals surface area (Å²) in [5, 5.41) is 3.97. The van der Waals surface area contributed by atoms with Crippen LogP contribution in [0.25, 0.3) is 6.08 Å². The highest BCUT2D eigenvalue weighted by Gasteiger charge is 2.09. The summed E-state index contributed by atoms with van der Waals surface area (Å²) in [6, 6.07) is 19.3. The lowest BCUT2D eigenvalue weighted by Crippen LogP contribution is -2.24. The Bertz CT molecular complexity index is 1170. The summed E-state index contributed by atoms with van der Waals surface area (Å²) in [6.07, 6.45) is 3.28. The van der Waals surface area contributed by atoms with Gasteiger partial charge in [-0.25, -0.2) is 13.4 Å². The Kier molecular flexibility index (Phi) is 8.21. The first-order valence-corrected chi connectivity index (χ1v) is 12.3. The molecule has 1 amide bonds. The van der Waals surface area contributed by atoms with Crippen LogP contribution in [0.3, 0.4) is 0 Å². The highest BCUT2D eigenvalue weighted by Crippen LogP contribution is 2.14. The zero-order valence-electron chi connectivity index (χ0n) is 18.7. The van der Waals surface area contributed by atoms with Gasteiger partial charge >= 0.3 is 0 Å². The fourth-order valence-electron chi connectivity index (χ4n) is 3.16. The first kappa shape index (κ1) is 24.0. The van der Waals surface area contributed by atoms with Gasteiger partial charge in [-0.15, -0.1) is 0 Å². The van der Waals surface area contributed by atoms with Crippen molar-refractivity contribution < 1.29 is 13.2 Å². The molecular formula is C25H28N4O3S. The van der Waals surface area contributed by atoms with Crippen molar-refractivity contribution in [3.05, 3.63) is 95.0 Å². The quantitative estimate of drug-likeness (QED) is 0.468. The number of nitrogens with zero attached hydrogens (tertiary/aromatic N) is 2. The monoisotopic (exact) mass is 464 g/mol. The number of rotatable bonds is 10. The molecule has 0 saturated heterocycles. The molecular weight excluding hydrogens is 436 g/mol. The third-order valence-electron chi connectivity index (χ3n) is 5.00. The zero-order chi connectivity index (χ0) is 23.7. The summed E-state index contributed by atoms with van der Waals surface area (Å²) >= 11 is 0. The van der Waals surface area contributed by atoms with E-state index in [1.165, 1.54) is 6.08 Å². The highest BCUT2D eigenvalue weighted by atomic mass is 32.2. The van der Waals surface area contributed by atoms with Gasteiger partial charge < -0.3 is 10.2 Å². The SMILES string of the molecule is CCN(CC)c1ccc(CNC(=O)c2ccc(NS(=O)(=O)/C=C/c3ccccc3)cc2)cn1. The topological polar surface area (TPSA) is 91.4 Å². The maximum atomic E-state index is 12.5. The Labute approximate surface area is 195 Å². The average molecular weight is 465 g/mol. The molecule has 0 radical (unpaired) electrons. The molecule has 3 rings (SSSR count). The lowest BCUT2D eigenvalue weighted by atomic mass is 10.2. The lowest BCUT2D eigenvalue weighted by molar-refractivity contribution is 0.0951. The third kappa shape index (κ3) is 7.18. The fraction of sp³-hybridized carbons (Fsp3) is 0.200. The van der Waals surface area contributed by atoms with E-state index in [9.17, 15) is 13.2 Å². The van der Waals surface area contributed by atoms with E-state index >= 15 is 0 Å². The van der Waals surface area contributed by atoms with E-state index in [0.29, 0.717) is 17.8 Å². The summed E-state index contributed by atoms with van der Waals surface area (Å²) in [5.41, 5.74) is 2.49. The van der Waals surface area contributed by atoms with Crippen molar-refractivity contribution in [3.8, 4) is 0 Å². The molecule has 0 unspecified atom stereocenters. The van der Waals surface area contributed by atoms with Crippen LogP contribution in [0, 0.1) is 0 Å². The van der Waals surface area contributed by atoms with E-state index in [4.69, 9.17) is 0 Å². The van der Waals surface area contributed by atoms with Gasteiger partial charge in [-0.1, -0.05) is 36.4 Å². The summed E-state index contributed by atoms with van der Waals surface area (Å²) in [4.78, 5) is 19.1. The first-order valence-electron chi connectivity index (χ1n) is 10.7. The minimum atomic E-state index is -3.67. The van der Waals surface area contributed by atoms with Crippen LogP contribution in [0.2, 0.25) is 0 Å². The van der Waals surface area contributed by atoms with Gasteiger partial charge in [0.15, 0.2) is 0 Å². The molecule has 172 valence electrons. The van der Waals surface area contributed by atoms with Gasteiger partial charge in [0.05, 0.1) is 5.41 Å². The number of anilines is 2. The number of carbonyl (C=O) groups is 1. The minimum Gasteiger partial charge on any atom is -0.357 e. The molecule has 1 heterocycles. The smallest absolute Gasteiger partial charge is 0.255 e. The standard InChI is InChI=1S/C25H28N4O3S/c1-3-29(4-2)24-15-10-21(18-26-24)19-27-25(30)22-11-13-23(14-12-22)28-33(31,32)17-16-20-8-6-5-7-9-20/h5-18,28H,3-4,19H2,1-2H3,(H,27,30)/b17-16+. The molecule has 0 fully saturated rings. The Morgan fingerprint density at radius 1 is 0.970 bits per heavy atom. The van der Waals surface area contributed by atoms with Gasteiger partial charge in [0.2, 0.25) is 0 Å². The number of aromatic nitrogens is 1. The second-order valence-electron chi connectivity index (χ2n) is 7.32. The van der Waals surface area contributed by atoms with Crippen LogP contribution in [0.1, 0.15) is 35.3 Å². The van der Waals surface area contributed by atoms with Gasteiger partial charge in [-0.3, -0.25) is 9.52 Å². The van der Waals surface area contributed by atoms with Gasteiger partial charge in [0.1, 0.15) is 5.82 Å². The van der Waals surface area contributed by atoms with Crippen LogP contribution in [0.15, 0.2) is 78.3 Å². The Balaban J connectivity index is 1.55. The summed E-state index contributed by atoms with van der Waals surface area (Å²) in [6.45, 7) is 6.28. The molecule has 33 heavy (non-hydrogen) atoms. The van der Waals surface area contributed by atoms with Crippen LogP contribution in [-0.2, 0) is 16.6 Å². The number of hydrogen-bond acceptors (Lipinski definition) is 5. The predicted molar refractivity (Wildman–Crippen MR) is 133 cm³/mol. The van der Waals surface area contributed by atoms with Gasteiger partial charge in [0.25, 0.3) is 15.9 Å². The number of amides is 1. The normalized spacial score (nSPS) is 11.3. The van der Waals surface area contributed by atoms with Crippen molar-refractivity contribution in [2.75, 3.05) is 22.7 Å². The highest BCUT2D eigenvalue weighted by molar-refractivity contribution is 7.95. The van der Waals surface area contributed by atoms with Crippen molar-refractivity contribution in [2.45, 2.75) is 20.4 Å². The van der Waals surface area contributed by atoms with Gasteiger partial charge in [-0.2, -0.15) is 0 Å². The molecule has 8 heteroatoms. The van der Waals surface area contributed by atoms with Crippen molar-refractivity contribution in [1.82, 2.24) is 10.3 Å². The minimum absolute atomic E-state index is 0.249. The Morgan fingerprint density at radius 2 is 1.67 bits per heavy atom. The van der Waals surface area contributed by atoms with Crippen molar-refractivity contribution >= 4 is 33.5 Å². The largest absolute Gasteiger partial charge is 0.357 e. The lowest BCUT2D eigenvalue weighted by Gasteiger charge is -2.19. The van der Waals surface area contributed by atoms with Crippen LogP contribution < -0.4 is 14.9 Å². The van der Waals surface area contributed by atoms with E-state index in [1.54, 1.807) is 30.5 Å². The van der Waals surface area contributed by atoms with E-state index < -0.39 is 10.0 Å². The van der Waals surface area contributed by atoms with E-state index in [-0.39, 0.29) is 5.91 Å². The molecule has 3 aromatic rings.